The Hall–Kier alpha value is 0.588. The molecule has 0 spiro atoms. The zero-order chi connectivity index (χ0) is 24.2. The van der Waals surface area contributed by atoms with Crippen LogP contribution in [0.5, 0.6) is 0 Å². The SMILES string of the molecule is CCO[Si](CC[Si](C)(C)O[Si](C)(C)C(C)[Si](OCC)(OCC)OCC)(OCC)OCC. The van der Waals surface area contributed by atoms with Gasteiger partial charge in [-0.1, -0.05) is 6.92 Å². The lowest BCUT2D eigenvalue weighted by Gasteiger charge is -2.44. The van der Waals surface area contributed by atoms with Crippen molar-refractivity contribution in [3.05, 3.63) is 0 Å². The fourth-order valence-electron chi connectivity index (χ4n) is 3.84. The fraction of sp³-hybridized carbons (Fsp3) is 1.00. The van der Waals surface area contributed by atoms with Crippen LogP contribution in [0, 0.1) is 0 Å². The topological polar surface area (TPSA) is 64.6 Å². The van der Waals surface area contributed by atoms with Crippen LogP contribution in [-0.4, -0.2) is 73.9 Å². The first-order valence-electron chi connectivity index (χ1n) is 12.0. The molecule has 0 aliphatic rings. The van der Waals surface area contributed by atoms with Crippen molar-refractivity contribution in [1.29, 1.82) is 0 Å². The van der Waals surface area contributed by atoms with E-state index < -0.39 is 34.2 Å². The average molecular weight is 515 g/mol. The summed E-state index contributed by atoms with van der Waals surface area (Å²) in [4.78, 5) is 0. The van der Waals surface area contributed by atoms with Gasteiger partial charge in [0.05, 0.1) is 0 Å². The van der Waals surface area contributed by atoms with Gasteiger partial charge in [0, 0.05) is 50.8 Å². The molecule has 11 heteroatoms. The predicted octanol–water partition coefficient (Wildman–Crippen LogP) is 5.44. The van der Waals surface area contributed by atoms with E-state index in [4.69, 9.17) is 30.7 Å². The van der Waals surface area contributed by atoms with Crippen molar-refractivity contribution in [3.63, 3.8) is 0 Å². The van der Waals surface area contributed by atoms with E-state index in [1.54, 1.807) is 0 Å². The number of rotatable bonds is 19. The summed E-state index contributed by atoms with van der Waals surface area (Å²) in [6.07, 6.45) is 0. The van der Waals surface area contributed by atoms with Crippen LogP contribution in [0.15, 0.2) is 0 Å². The van der Waals surface area contributed by atoms with Gasteiger partial charge in [0.2, 0.25) is 0 Å². The quantitative estimate of drug-likeness (QED) is 0.213. The standard InChI is InChI=1S/C20H50O7Si4/c1-12-21-30(22-13-2,23-14-3)19-18-28(8,9)27-29(10,11)20(7)31(24-15-4,25-16-5)26-17-6/h20H,12-19H2,1-11H3. The van der Waals surface area contributed by atoms with Gasteiger partial charge in [0.25, 0.3) is 0 Å². The molecule has 0 N–H and O–H groups in total. The van der Waals surface area contributed by atoms with Gasteiger partial charge in [0.15, 0.2) is 16.6 Å². The molecular weight excluding hydrogens is 465 g/mol. The minimum atomic E-state index is -2.84. The van der Waals surface area contributed by atoms with Crippen LogP contribution >= 0.6 is 0 Å². The smallest absolute Gasteiger partial charge is 0.455 e. The second kappa shape index (κ2) is 14.8. The molecule has 0 aromatic rings. The van der Waals surface area contributed by atoms with Crippen LogP contribution in [0.2, 0.25) is 43.4 Å². The number of hydrogen-bond donors (Lipinski definition) is 0. The molecule has 1 atom stereocenters. The monoisotopic (exact) mass is 514 g/mol. The molecule has 0 aromatic carbocycles. The molecule has 0 amide bonds. The summed E-state index contributed by atoms with van der Waals surface area (Å²) in [6, 6.07) is 1.71. The Bertz CT molecular complexity index is 446. The first kappa shape index (κ1) is 31.6. The Balaban J connectivity index is 5.54. The van der Waals surface area contributed by atoms with Gasteiger partial charge in [-0.25, -0.2) is 0 Å². The lowest BCUT2D eigenvalue weighted by Crippen LogP contribution is -2.60. The summed E-state index contributed by atoms with van der Waals surface area (Å²) >= 11 is 0. The minimum absolute atomic E-state index is 0.124. The summed E-state index contributed by atoms with van der Waals surface area (Å²) in [5.74, 6) is 0. The van der Waals surface area contributed by atoms with Crippen LogP contribution in [0.4, 0.5) is 0 Å². The van der Waals surface area contributed by atoms with Crippen LogP contribution < -0.4 is 0 Å². The predicted molar refractivity (Wildman–Crippen MR) is 136 cm³/mol. The summed E-state index contributed by atoms with van der Waals surface area (Å²) in [5, 5.41) is 0.124. The highest BCUT2D eigenvalue weighted by molar-refractivity contribution is 6.93. The third kappa shape index (κ3) is 10.2. The maximum Gasteiger partial charge on any atom is 0.503 e. The molecule has 0 aliphatic heterocycles. The average Bonchev–Trinajstić information content (AvgIpc) is 2.66. The molecule has 1 unspecified atom stereocenters. The van der Waals surface area contributed by atoms with Gasteiger partial charge in [-0.2, -0.15) is 0 Å². The van der Waals surface area contributed by atoms with E-state index in [1.807, 2.05) is 41.5 Å². The van der Waals surface area contributed by atoms with Crippen molar-refractivity contribution >= 4 is 34.2 Å². The Morgan fingerprint density at radius 1 is 0.548 bits per heavy atom. The molecular formula is C20H50O7Si4. The van der Waals surface area contributed by atoms with Gasteiger partial charge < -0.3 is 30.7 Å². The van der Waals surface area contributed by atoms with Crippen molar-refractivity contribution < 1.29 is 30.7 Å². The Morgan fingerprint density at radius 2 is 0.903 bits per heavy atom. The summed E-state index contributed by atoms with van der Waals surface area (Å²) in [6.45, 7) is 26.8. The van der Waals surface area contributed by atoms with E-state index in [9.17, 15) is 0 Å². The molecule has 0 aliphatic carbocycles. The zero-order valence-electron chi connectivity index (χ0n) is 22.1. The molecule has 31 heavy (non-hydrogen) atoms. The minimum Gasteiger partial charge on any atom is -0.455 e. The summed E-state index contributed by atoms with van der Waals surface area (Å²) < 4.78 is 43.7. The van der Waals surface area contributed by atoms with E-state index in [0.717, 1.165) is 12.1 Å². The second-order valence-corrected chi connectivity index (χ2v) is 23.7. The maximum atomic E-state index is 6.99. The van der Waals surface area contributed by atoms with E-state index >= 15 is 0 Å². The van der Waals surface area contributed by atoms with Gasteiger partial charge in [-0.15, -0.1) is 0 Å². The Kier molecular flexibility index (Phi) is 15.0. The van der Waals surface area contributed by atoms with Gasteiger partial charge >= 0.3 is 17.6 Å². The van der Waals surface area contributed by atoms with Gasteiger partial charge in [-0.05, 0) is 73.8 Å². The first-order chi connectivity index (χ1) is 14.4. The van der Waals surface area contributed by atoms with Crippen molar-refractivity contribution in [2.45, 2.75) is 91.9 Å². The third-order valence-electron chi connectivity index (χ3n) is 5.28. The van der Waals surface area contributed by atoms with Gasteiger partial charge in [-0.3, -0.25) is 0 Å². The molecule has 0 saturated carbocycles. The Labute approximate surface area is 196 Å². The van der Waals surface area contributed by atoms with Crippen molar-refractivity contribution in [2.75, 3.05) is 39.6 Å². The second-order valence-electron chi connectivity index (χ2n) is 8.57. The molecule has 0 fully saturated rings. The lowest BCUT2D eigenvalue weighted by molar-refractivity contribution is 0.0672. The molecule has 0 saturated heterocycles. The van der Waals surface area contributed by atoms with Gasteiger partial charge in [0.1, 0.15) is 0 Å². The highest BCUT2D eigenvalue weighted by Gasteiger charge is 2.56. The van der Waals surface area contributed by atoms with Crippen LogP contribution in [0.25, 0.3) is 0 Å². The van der Waals surface area contributed by atoms with Crippen molar-refractivity contribution in [2.24, 2.45) is 0 Å². The molecule has 7 nitrogen and oxygen atoms in total. The molecule has 188 valence electrons. The lowest BCUT2D eigenvalue weighted by atomic mass is 10.9. The van der Waals surface area contributed by atoms with E-state index in [-0.39, 0.29) is 5.16 Å². The molecule has 0 aromatic heterocycles. The van der Waals surface area contributed by atoms with E-state index in [2.05, 4.69) is 33.1 Å². The third-order valence-corrected chi connectivity index (χ3v) is 23.0. The van der Waals surface area contributed by atoms with Crippen molar-refractivity contribution in [3.8, 4) is 0 Å². The molecule has 0 heterocycles. The Morgan fingerprint density at radius 3 is 1.23 bits per heavy atom. The largest absolute Gasteiger partial charge is 0.503 e. The maximum absolute atomic E-state index is 6.99. The normalized spacial score (nSPS) is 14.8. The zero-order valence-corrected chi connectivity index (χ0v) is 26.1. The fourth-order valence-corrected chi connectivity index (χ4v) is 23.2. The molecule has 0 rings (SSSR count). The number of hydrogen-bond acceptors (Lipinski definition) is 7. The summed E-state index contributed by atoms with van der Waals surface area (Å²) in [7, 11) is -9.75. The van der Waals surface area contributed by atoms with E-state index in [0.29, 0.717) is 39.6 Å². The highest BCUT2D eigenvalue weighted by Crippen LogP contribution is 2.38. The summed E-state index contributed by atoms with van der Waals surface area (Å²) in [5.41, 5.74) is 0. The van der Waals surface area contributed by atoms with Crippen LogP contribution in [0.1, 0.15) is 48.5 Å². The first-order valence-corrected chi connectivity index (χ1v) is 21.8. The molecule has 0 radical (unpaired) electrons. The molecule has 0 bridgehead atoms. The van der Waals surface area contributed by atoms with Crippen molar-refractivity contribution in [1.82, 2.24) is 0 Å². The highest BCUT2D eigenvalue weighted by atomic mass is 28.5. The van der Waals surface area contributed by atoms with Crippen LogP contribution in [-0.2, 0) is 30.7 Å². The van der Waals surface area contributed by atoms with E-state index in [1.165, 1.54) is 0 Å². The van der Waals surface area contributed by atoms with Crippen LogP contribution in [0.3, 0.4) is 0 Å².